The first-order valence-electron chi connectivity index (χ1n) is 9.69. The average Bonchev–Trinajstić information content (AvgIpc) is 2.62. The third-order valence-electron chi connectivity index (χ3n) is 5.81. The molecule has 2 aliphatic heterocycles. The van der Waals surface area contributed by atoms with Gasteiger partial charge in [-0.3, -0.25) is 4.79 Å². The molecule has 132 valence electrons. The molecule has 2 saturated heterocycles. The number of amides is 1. The van der Waals surface area contributed by atoms with Gasteiger partial charge in [-0.15, -0.1) is 0 Å². The van der Waals surface area contributed by atoms with Gasteiger partial charge in [0.05, 0.1) is 0 Å². The number of hydrogen-bond donors (Lipinski definition) is 0. The van der Waals surface area contributed by atoms with Crippen molar-refractivity contribution in [2.45, 2.75) is 45.4 Å². The molecule has 24 heavy (non-hydrogen) atoms. The van der Waals surface area contributed by atoms with E-state index in [0.29, 0.717) is 17.7 Å². The van der Waals surface area contributed by atoms with E-state index in [-0.39, 0.29) is 5.92 Å². The van der Waals surface area contributed by atoms with Crippen LogP contribution in [-0.2, 0) is 4.79 Å². The van der Waals surface area contributed by atoms with Crippen molar-refractivity contribution in [2.75, 3.05) is 32.7 Å². The normalized spacial score (nSPS) is 24.8. The van der Waals surface area contributed by atoms with Gasteiger partial charge in [-0.2, -0.15) is 0 Å². The van der Waals surface area contributed by atoms with Crippen molar-refractivity contribution in [3.05, 3.63) is 35.9 Å². The lowest BCUT2D eigenvalue weighted by Gasteiger charge is -2.37. The van der Waals surface area contributed by atoms with Gasteiger partial charge in [0, 0.05) is 25.6 Å². The second kappa shape index (κ2) is 8.15. The molecule has 3 nitrogen and oxygen atoms in total. The van der Waals surface area contributed by atoms with Crippen LogP contribution in [0.3, 0.4) is 0 Å². The Balaban J connectivity index is 1.46. The summed E-state index contributed by atoms with van der Waals surface area (Å²) in [6.45, 7) is 9.77. The maximum absolute atomic E-state index is 12.8. The van der Waals surface area contributed by atoms with E-state index < -0.39 is 0 Å². The third kappa shape index (κ3) is 4.38. The quantitative estimate of drug-likeness (QED) is 0.840. The van der Waals surface area contributed by atoms with Crippen LogP contribution in [0.5, 0.6) is 0 Å². The zero-order valence-electron chi connectivity index (χ0n) is 15.3. The molecule has 0 saturated carbocycles. The van der Waals surface area contributed by atoms with E-state index in [2.05, 4.69) is 54.0 Å². The molecule has 0 radical (unpaired) electrons. The van der Waals surface area contributed by atoms with Crippen LogP contribution in [-0.4, -0.2) is 48.4 Å². The molecule has 3 rings (SSSR count). The number of benzene rings is 1. The average molecular weight is 329 g/mol. The van der Waals surface area contributed by atoms with Gasteiger partial charge in [0.1, 0.15) is 0 Å². The predicted octanol–water partition coefficient (Wildman–Crippen LogP) is 3.76. The highest BCUT2D eigenvalue weighted by molar-refractivity contribution is 5.79. The lowest BCUT2D eigenvalue weighted by Crippen LogP contribution is -2.46. The van der Waals surface area contributed by atoms with Gasteiger partial charge < -0.3 is 9.80 Å². The zero-order chi connectivity index (χ0) is 16.9. The van der Waals surface area contributed by atoms with E-state index in [1.54, 1.807) is 0 Å². The Kier molecular flexibility index (Phi) is 5.94. The Morgan fingerprint density at radius 1 is 1.12 bits per heavy atom. The van der Waals surface area contributed by atoms with Crippen LogP contribution in [0.1, 0.15) is 51.0 Å². The summed E-state index contributed by atoms with van der Waals surface area (Å²) >= 11 is 0. The van der Waals surface area contributed by atoms with Gasteiger partial charge in [-0.25, -0.2) is 0 Å². The molecule has 0 unspecified atom stereocenters. The lowest BCUT2D eigenvalue weighted by molar-refractivity contribution is -0.138. The van der Waals surface area contributed by atoms with E-state index >= 15 is 0 Å². The molecule has 2 atom stereocenters. The number of likely N-dealkylation sites (tertiary alicyclic amines) is 2. The Morgan fingerprint density at radius 3 is 2.50 bits per heavy atom. The van der Waals surface area contributed by atoms with Crippen LogP contribution in [0.2, 0.25) is 0 Å². The second-order valence-electron chi connectivity index (χ2n) is 7.92. The second-order valence-corrected chi connectivity index (χ2v) is 7.92. The van der Waals surface area contributed by atoms with E-state index in [1.807, 2.05) is 0 Å². The maximum atomic E-state index is 12.8. The van der Waals surface area contributed by atoms with Crippen molar-refractivity contribution in [2.24, 2.45) is 11.8 Å². The smallest absolute Gasteiger partial charge is 0.225 e. The van der Waals surface area contributed by atoms with Gasteiger partial charge in [-0.05, 0) is 56.2 Å². The molecule has 1 aromatic rings. The molecule has 3 heteroatoms. The lowest BCUT2D eigenvalue weighted by atomic mass is 9.92. The monoisotopic (exact) mass is 328 g/mol. The van der Waals surface area contributed by atoms with Crippen LogP contribution in [0.25, 0.3) is 0 Å². The number of carbonyl (C=O) groups is 1. The molecule has 0 spiro atoms. The summed E-state index contributed by atoms with van der Waals surface area (Å²) in [6, 6.07) is 10.8. The minimum atomic E-state index is 0.263. The first kappa shape index (κ1) is 17.5. The fourth-order valence-electron chi connectivity index (χ4n) is 4.28. The van der Waals surface area contributed by atoms with Crippen molar-refractivity contribution >= 4 is 5.91 Å². The Labute approximate surface area is 147 Å². The molecule has 2 fully saturated rings. The van der Waals surface area contributed by atoms with Crippen LogP contribution < -0.4 is 0 Å². The summed E-state index contributed by atoms with van der Waals surface area (Å²) < 4.78 is 0. The number of piperidine rings is 2. The van der Waals surface area contributed by atoms with E-state index in [0.717, 1.165) is 45.6 Å². The van der Waals surface area contributed by atoms with Gasteiger partial charge in [0.2, 0.25) is 5.91 Å². The molecule has 1 amide bonds. The van der Waals surface area contributed by atoms with Crippen LogP contribution in [0.15, 0.2) is 30.3 Å². The molecule has 2 heterocycles. The number of rotatable bonds is 4. The first-order chi connectivity index (χ1) is 11.6. The molecule has 0 aromatic heterocycles. The number of nitrogens with zero attached hydrogens (tertiary/aromatic N) is 2. The minimum absolute atomic E-state index is 0.263. The minimum Gasteiger partial charge on any atom is -0.342 e. The summed E-state index contributed by atoms with van der Waals surface area (Å²) in [5.74, 6) is 1.92. The SMILES string of the molecule is C[C@H]1CCCN(C(=O)C2CCN(C[C@H](C)c3ccccc3)CC2)C1. The molecular formula is C21H32N2O. The number of hydrogen-bond acceptors (Lipinski definition) is 2. The molecule has 1 aromatic carbocycles. The summed E-state index contributed by atoms with van der Waals surface area (Å²) in [4.78, 5) is 17.4. The van der Waals surface area contributed by atoms with Gasteiger partial charge >= 0.3 is 0 Å². The summed E-state index contributed by atoms with van der Waals surface area (Å²) in [5.41, 5.74) is 1.41. The highest BCUT2D eigenvalue weighted by atomic mass is 16.2. The summed E-state index contributed by atoms with van der Waals surface area (Å²) in [7, 11) is 0. The summed E-state index contributed by atoms with van der Waals surface area (Å²) in [6.07, 6.45) is 4.52. The number of carbonyl (C=O) groups excluding carboxylic acids is 1. The molecule has 0 N–H and O–H groups in total. The highest BCUT2D eigenvalue weighted by Gasteiger charge is 2.30. The van der Waals surface area contributed by atoms with E-state index in [1.165, 1.54) is 18.4 Å². The highest BCUT2D eigenvalue weighted by Crippen LogP contribution is 2.25. The van der Waals surface area contributed by atoms with E-state index in [4.69, 9.17) is 0 Å². The topological polar surface area (TPSA) is 23.6 Å². The van der Waals surface area contributed by atoms with Gasteiger partial charge in [0.15, 0.2) is 0 Å². The molecule has 2 aliphatic rings. The predicted molar refractivity (Wildman–Crippen MR) is 99.0 cm³/mol. The standard InChI is InChI=1S/C21H32N2O/c1-17-7-6-12-23(15-17)21(24)20-10-13-22(14-11-20)16-18(2)19-8-4-3-5-9-19/h3-5,8-9,17-18,20H,6-7,10-16H2,1-2H3/t17-,18-/m0/s1. The van der Waals surface area contributed by atoms with Crippen LogP contribution in [0.4, 0.5) is 0 Å². The Hall–Kier alpha value is -1.35. The largest absolute Gasteiger partial charge is 0.342 e. The van der Waals surface area contributed by atoms with Crippen LogP contribution in [0, 0.1) is 11.8 Å². The zero-order valence-corrected chi connectivity index (χ0v) is 15.3. The summed E-state index contributed by atoms with van der Waals surface area (Å²) in [5, 5.41) is 0. The Bertz CT molecular complexity index is 522. The van der Waals surface area contributed by atoms with Gasteiger partial charge in [-0.1, -0.05) is 44.2 Å². The van der Waals surface area contributed by atoms with Crippen molar-refractivity contribution in [3.8, 4) is 0 Å². The van der Waals surface area contributed by atoms with Crippen molar-refractivity contribution < 1.29 is 4.79 Å². The van der Waals surface area contributed by atoms with Gasteiger partial charge in [0.25, 0.3) is 0 Å². The Morgan fingerprint density at radius 2 is 1.83 bits per heavy atom. The first-order valence-corrected chi connectivity index (χ1v) is 9.69. The molecule has 0 aliphatic carbocycles. The fourth-order valence-corrected chi connectivity index (χ4v) is 4.28. The van der Waals surface area contributed by atoms with Crippen molar-refractivity contribution in [1.82, 2.24) is 9.80 Å². The maximum Gasteiger partial charge on any atom is 0.225 e. The van der Waals surface area contributed by atoms with Crippen molar-refractivity contribution in [1.29, 1.82) is 0 Å². The van der Waals surface area contributed by atoms with E-state index in [9.17, 15) is 4.79 Å². The van der Waals surface area contributed by atoms with Crippen LogP contribution >= 0.6 is 0 Å². The third-order valence-corrected chi connectivity index (χ3v) is 5.81. The molecule has 0 bridgehead atoms. The van der Waals surface area contributed by atoms with Crippen molar-refractivity contribution in [3.63, 3.8) is 0 Å². The fraction of sp³-hybridized carbons (Fsp3) is 0.667. The molecular weight excluding hydrogens is 296 g/mol.